The first kappa shape index (κ1) is 10.5. The SMILES string of the molecule is CCCN1CCC(C(N)C(=O)O)C1. The fourth-order valence-electron chi connectivity index (χ4n) is 1.88. The smallest absolute Gasteiger partial charge is 0.320 e. The van der Waals surface area contributed by atoms with E-state index in [9.17, 15) is 4.79 Å². The molecule has 1 aliphatic rings. The zero-order chi connectivity index (χ0) is 9.84. The molecule has 4 heteroatoms. The van der Waals surface area contributed by atoms with Gasteiger partial charge in [0, 0.05) is 6.54 Å². The lowest BCUT2D eigenvalue weighted by Gasteiger charge is -2.16. The normalized spacial score (nSPS) is 26.2. The van der Waals surface area contributed by atoms with E-state index in [4.69, 9.17) is 10.8 Å². The number of carboxylic acid groups (broad SMARTS) is 1. The van der Waals surface area contributed by atoms with Crippen LogP contribution < -0.4 is 5.73 Å². The second-order valence-electron chi connectivity index (χ2n) is 3.71. The number of hydrogen-bond acceptors (Lipinski definition) is 3. The van der Waals surface area contributed by atoms with Crippen LogP contribution in [0.1, 0.15) is 19.8 Å². The molecule has 13 heavy (non-hydrogen) atoms. The van der Waals surface area contributed by atoms with Gasteiger partial charge in [-0.1, -0.05) is 6.92 Å². The van der Waals surface area contributed by atoms with Gasteiger partial charge in [-0.15, -0.1) is 0 Å². The van der Waals surface area contributed by atoms with Gasteiger partial charge >= 0.3 is 5.97 Å². The molecule has 1 saturated heterocycles. The second-order valence-corrected chi connectivity index (χ2v) is 3.71. The lowest BCUT2D eigenvalue weighted by Crippen LogP contribution is -2.39. The van der Waals surface area contributed by atoms with E-state index in [1.54, 1.807) is 0 Å². The molecule has 0 amide bonds. The third-order valence-electron chi connectivity index (χ3n) is 2.64. The monoisotopic (exact) mass is 186 g/mol. The highest BCUT2D eigenvalue weighted by molar-refractivity contribution is 5.73. The topological polar surface area (TPSA) is 66.6 Å². The molecule has 1 fully saturated rings. The van der Waals surface area contributed by atoms with Crippen molar-refractivity contribution in [2.75, 3.05) is 19.6 Å². The Balaban J connectivity index is 2.36. The fourth-order valence-corrected chi connectivity index (χ4v) is 1.88. The quantitative estimate of drug-likeness (QED) is 0.655. The largest absolute Gasteiger partial charge is 0.480 e. The highest BCUT2D eigenvalue weighted by atomic mass is 16.4. The van der Waals surface area contributed by atoms with Crippen LogP contribution in [-0.2, 0) is 4.79 Å². The summed E-state index contributed by atoms with van der Waals surface area (Å²) in [5.74, 6) is -0.729. The van der Waals surface area contributed by atoms with Crippen LogP contribution in [0.15, 0.2) is 0 Å². The Morgan fingerprint density at radius 2 is 2.46 bits per heavy atom. The summed E-state index contributed by atoms with van der Waals surface area (Å²) in [5.41, 5.74) is 5.55. The summed E-state index contributed by atoms with van der Waals surface area (Å²) < 4.78 is 0. The van der Waals surface area contributed by atoms with Crippen LogP contribution in [0.25, 0.3) is 0 Å². The lowest BCUT2D eigenvalue weighted by molar-refractivity contribution is -0.139. The van der Waals surface area contributed by atoms with Gasteiger partial charge in [0.1, 0.15) is 6.04 Å². The minimum Gasteiger partial charge on any atom is -0.480 e. The second kappa shape index (κ2) is 4.58. The molecule has 0 aromatic carbocycles. The van der Waals surface area contributed by atoms with E-state index >= 15 is 0 Å². The Morgan fingerprint density at radius 1 is 1.77 bits per heavy atom. The van der Waals surface area contributed by atoms with Crippen molar-refractivity contribution in [3.63, 3.8) is 0 Å². The Hall–Kier alpha value is -0.610. The average Bonchev–Trinajstić information content (AvgIpc) is 2.52. The molecule has 3 N–H and O–H groups in total. The van der Waals surface area contributed by atoms with Gasteiger partial charge in [-0.05, 0) is 31.8 Å². The summed E-state index contributed by atoms with van der Waals surface area (Å²) in [6.45, 7) is 5.04. The third-order valence-corrected chi connectivity index (χ3v) is 2.64. The maximum absolute atomic E-state index is 10.6. The first-order valence-electron chi connectivity index (χ1n) is 4.86. The molecule has 76 valence electrons. The van der Waals surface area contributed by atoms with Crippen molar-refractivity contribution in [1.29, 1.82) is 0 Å². The number of likely N-dealkylation sites (tertiary alicyclic amines) is 1. The van der Waals surface area contributed by atoms with Crippen LogP contribution in [-0.4, -0.2) is 41.7 Å². The van der Waals surface area contributed by atoms with Gasteiger partial charge in [-0.2, -0.15) is 0 Å². The van der Waals surface area contributed by atoms with Crippen molar-refractivity contribution in [3.05, 3.63) is 0 Å². The van der Waals surface area contributed by atoms with Gasteiger partial charge in [0.2, 0.25) is 0 Å². The molecule has 1 rings (SSSR count). The van der Waals surface area contributed by atoms with E-state index in [0.29, 0.717) is 0 Å². The van der Waals surface area contributed by atoms with Gasteiger partial charge in [0.15, 0.2) is 0 Å². The number of carbonyl (C=O) groups is 1. The predicted octanol–water partition coefficient (Wildman–Crippen LogP) is 0.130. The van der Waals surface area contributed by atoms with E-state index in [1.165, 1.54) is 0 Å². The van der Waals surface area contributed by atoms with Crippen LogP contribution >= 0.6 is 0 Å². The zero-order valence-corrected chi connectivity index (χ0v) is 8.07. The van der Waals surface area contributed by atoms with Gasteiger partial charge < -0.3 is 15.7 Å². The summed E-state index contributed by atoms with van der Waals surface area (Å²) in [4.78, 5) is 12.9. The highest BCUT2D eigenvalue weighted by Gasteiger charge is 2.30. The average molecular weight is 186 g/mol. The first-order chi connectivity index (χ1) is 6.15. The number of rotatable bonds is 4. The molecular weight excluding hydrogens is 168 g/mol. The van der Waals surface area contributed by atoms with Gasteiger partial charge in [0.05, 0.1) is 0 Å². The summed E-state index contributed by atoms with van der Waals surface area (Å²) in [6.07, 6.45) is 2.04. The molecule has 4 nitrogen and oxygen atoms in total. The fraction of sp³-hybridized carbons (Fsp3) is 0.889. The molecule has 0 saturated carbocycles. The van der Waals surface area contributed by atoms with E-state index in [2.05, 4.69) is 11.8 Å². The number of carboxylic acids is 1. The standard InChI is InChI=1S/C9H18N2O2/c1-2-4-11-5-3-7(6-11)8(10)9(12)13/h7-8H,2-6,10H2,1H3,(H,12,13). The molecule has 1 heterocycles. The summed E-state index contributed by atoms with van der Waals surface area (Å²) in [7, 11) is 0. The maximum Gasteiger partial charge on any atom is 0.320 e. The van der Waals surface area contributed by atoms with Gasteiger partial charge in [0.25, 0.3) is 0 Å². The molecule has 2 atom stereocenters. The molecule has 2 unspecified atom stereocenters. The summed E-state index contributed by atoms with van der Waals surface area (Å²) in [5, 5.41) is 8.72. The van der Waals surface area contributed by atoms with Crippen molar-refractivity contribution in [2.45, 2.75) is 25.8 Å². The maximum atomic E-state index is 10.6. The molecule has 0 aromatic heterocycles. The van der Waals surface area contributed by atoms with Crippen molar-refractivity contribution in [2.24, 2.45) is 11.7 Å². The lowest BCUT2D eigenvalue weighted by atomic mass is 10.0. The van der Waals surface area contributed by atoms with Crippen LogP contribution in [0.2, 0.25) is 0 Å². The van der Waals surface area contributed by atoms with Gasteiger partial charge in [-0.25, -0.2) is 0 Å². The van der Waals surface area contributed by atoms with Crippen molar-refractivity contribution in [1.82, 2.24) is 4.90 Å². The Kier molecular flexibility index (Phi) is 3.69. The van der Waals surface area contributed by atoms with Crippen molar-refractivity contribution in [3.8, 4) is 0 Å². The van der Waals surface area contributed by atoms with Crippen LogP contribution in [0.4, 0.5) is 0 Å². The van der Waals surface area contributed by atoms with E-state index < -0.39 is 12.0 Å². The molecule has 0 aliphatic carbocycles. The number of nitrogens with zero attached hydrogens (tertiary/aromatic N) is 1. The Labute approximate surface area is 78.7 Å². The van der Waals surface area contributed by atoms with Crippen LogP contribution in [0.5, 0.6) is 0 Å². The minimum absolute atomic E-state index is 0.143. The zero-order valence-electron chi connectivity index (χ0n) is 8.07. The van der Waals surface area contributed by atoms with Crippen LogP contribution in [0, 0.1) is 5.92 Å². The molecule has 0 spiro atoms. The molecule has 0 bridgehead atoms. The predicted molar refractivity (Wildman–Crippen MR) is 50.4 cm³/mol. The number of aliphatic carboxylic acids is 1. The Morgan fingerprint density at radius 3 is 3.00 bits per heavy atom. The number of hydrogen-bond donors (Lipinski definition) is 2. The summed E-state index contributed by atoms with van der Waals surface area (Å²) in [6, 6.07) is -0.679. The number of nitrogens with two attached hydrogens (primary N) is 1. The summed E-state index contributed by atoms with van der Waals surface area (Å²) >= 11 is 0. The van der Waals surface area contributed by atoms with E-state index in [0.717, 1.165) is 32.5 Å². The Bertz CT molecular complexity index is 184. The van der Waals surface area contributed by atoms with E-state index in [1.807, 2.05) is 0 Å². The van der Waals surface area contributed by atoms with Crippen LogP contribution in [0.3, 0.4) is 0 Å². The van der Waals surface area contributed by atoms with Crippen molar-refractivity contribution < 1.29 is 9.90 Å². The first-order valence-corrected chi connectivity index (χ1v) is 4.86. The van der Waals surface area contributed by atoms with Gasteiger partial charge in [-0.3, -0.25) is 4.79 Å². The van der Waals surface area contributed by atoms with E-state index in [-0.39, 0.29) is 5.92 Å². The molecule has 0 aromatic rings. The minimum atomic E-state index is -0.872. The third kappa shape index (κ3) is 2.67. The van der Waals surface area contributed by atoms with Crippen molar-refractivity contribution >= 4 is 5.97 Å². The molecule has 1 aliphatic heterocycles. The highest BCUT2D eigenvalue weighted by Crippen LogP contribution is 2.18. The molecular formula is C9H18N2O2. The molecule has 0 radical (unpaired) electrons.